The van der Waals surface area contributed by atoms with Crippen molar-refractivity contribution in [1.29, 1.82) is 0 Å². The van der Waals surface area contributed by atoms with E-state index in [1.807, 2.05) is 17.0 Å². The van der Waals surface area contributed by atoms with E-state index >= 15 is 0 Å². The van der Waals surface area contributed by atoms with Crippen LogP contribution < -0.4 is 5.32 Å². The highest BCUT2D eigenvalue weighted by atomic mass is 16.5. The van der Waals surface area contributed by atoms with E-state index in [2.05, 4.69) is 12.2 Å². The molecule has 5 nitrogen and oxygen atoms in total. The lowest BCUT2D eigenvalue weighted by Crippen LogP contribution is -2.44. The van der Waals surface area contributed by atoms with Crippen molar-refractivity contribution in [3.63, 3.8) is 0 Å². The Labute approximate surface area is 107 Å². The summed E-state index contributed by atoms with van der Waals surface area (Å²) in [5, 5.41) is 3.11. The Balaban J connectivity index is 1.69. The number of rotatable bonds is 5. The van der Waals surface area contributed by atoms with Crippen LogP contribution in [0, 0.1) is 0 Å². The van der Waals surface area contributed by atoms with E-state index in [1.54, 1.807) is 0 Å². The van der Waals surface area contributed by atoms with E-state index in [0.29, 0.717) is 39.4 Å². The van der Waals surface area contributed by atoms with Crippen LogP contribution in [0.3, 0.4) is 0 Å². The van der Waals surface area contributed by atoms with Gasteiger partial charge in [-0.3, -0.25) is 4.79 Å². The first-order valence-corrected chi connectivity index (χ1v) is 6.43. The SMILES string of the molecule is CCc1ccc(CNCC(=O)N2CCOCC2)o1. The molecule has 0 aromatic carbocycles. The molecule has 0 aliphatic carbocycles. The number of amides is 1. The maximum Gasteiger partial charge on any atom is 0.236 e. The van der Waals surface area contributed by atoms with Crippen LogP contribution in [0.5, 0.6) is 0 Å². The highest BCUT2D eigenvalue weighted by molar-refractivity contribution is 5.78. The molecule has 0 spiro atoms. The van der Waals surface area contributed by atoms with Gasteiger partial charge in [0.05, 0.1) is 26.3 Å². The van der Waals surface area contributed by atoms with Crippen LogP contribution >= 0.6 is 0 Å². The minimum atomic E-state index is 0.126. The molecule has 0 bridgehead atoms. The van der Waals surface area contributed by atoms with Gasteiger partial charge in [0.15, 0.2) is 0 Å². The van der Waals surface area contributed by atoms with Gasteiger partial charge >= 0.3 is 0 Å². The minimum Gasteiger partial charge on any atom is -0.465 e. The lowest BCUT2D eigenvalue weighted by molar-refractivity contribution is -0.134. The van der Waals surface area contributed by atoms with Crippen molar-refractivity contribution >= 4 is 5.91 Å². The van der Waals surface area contributed by atoms with Crippen LogP contribution in [0.2, 0.25) is 0 Å². The Hall–Kier alpha value is -1.33. The van der Waals surface area contributed by atoms with Crippen LogP contribution in [-0.4, -0.2) is 43.7 Å². The predicted molar refractivity (Wildman–Crippen MR) is 67.2 cm³/mol. The zero-order valence-electron chi connectivity index (χ0n) is 10.8. The first kappa shape index (κ1) is 13.1. The number of ether oxygens (including phenoxy) is 1. The number of carbonyl (C=O) groups is 1. The molecule has 1 aliphatic rings. The Morgan fingerprint density at radius 1 is 1.33 bits per heavy atom. The van der Waals surface area contributed by atoms with Crippen molar-refractivity contribution in [2.75, 3.05) is 32.8 Å². The summed E-state index contributed by atoms with van der Waals surface area (Å²) in [4.78, 5) is 13.7. The highest BCUT2D eigenvalue weighted by Gasteiger charge is 2.16. The molecule has 0 unspecified atom stereocenters. The number of aryl methyl sites for hydroxylation is 1. The molecule has 100 valence electrons. The Kier molecular flexibility index (Phi) is 4.78. The predicted octanol–water partition coefficient (Wildman–Crippen LogP) is 0.790. The van der Waals surface area contributed by atoms with Crippen LogP contribution in [0.4, 0.5) is 0 Å². The average Bonchev–Trinajstić information content (AvgIpc) is 2.87. The van der Waals surface area contributed by atoms with Gasteiger partial charge in [-0.05, 0) is 12.1 Å². The number of hydrogen-bond donors (Lipinski definition) is 1. The summed E-state index contributed by atoms with van der Waals surface area (Å²) in [7, 11) is 0. The first-order chi connectivity index (χ1) is 8.79. The molecule has 1 fully saturated rings. The van der Waals surface area contributed by atoms with Gasteiger partial charge in [0.2, 0.25) is 5.91 Å². The summed E-state index contributed by atoms with van der Waals surface area (Å²) in [6.45, 7) is 5.67. The third kappa shape index (κ3) is 3.58. The monoisotopic (exact) mass is 252 g/mol. The second kappa shape index (κ2) is 6.56. The summed E-state index contributed by atoms with van der Waals surface area (Å²) in [5.74, 6) is 1.98. The topological polar surface area (TPSA) is 54.7 Å². The normalized spacial score (nSPS) is 15.9. The van der Waals surface area contributed by atoms with Crippen molar-refractivity contribution in [2.24, 2.45) is 0 Å². The molecule has 5 heteroatoms. The van der Waals surface area contributed by atoms with Gasteiger partial charge in [-0.15, -0.1) is 0 Å². The van der Waals surface area contributed by atoms with Crippen molar-refractivity contribution < 1.29 is 13.9 Å². The van der Waals surface area contributed by atoms with Gasteiger partial charge in [0.1, 0.15) is 11.5 Å². The van der Waals surface area contributed by atoms with Gasteiger partial charge in [-0.1, -0.05) is 6.92 Å². The molecule has 0 atom stereocenters. The minimum absolute atomic E-state index is 0.126. The molecule has 2 rings (SSSR count). The fourth-order valence-electron chi connectivity index (χ4n) is 1.92. The summed E-state index contributed by atoms with van der Waals surface area (Å²) in [5.41, 5.74) is 0. The number of hydrogen-bond acceptors (Lipinski definition) is 4. The zero-order chi connectivity index (χ0) is 12.8. The van der Waals surface area contributed by atoms with Crippen molar-refractivity contribution in [2.45, 2.75) is 19.9 Å². The fourth-order valence-corrected chi connectivity index (χ4v) is 1.92. The Bertz CT molecular complexity index is 383. The van der Waals surface area contributed by atoms with E-state index < -0.39 is 0 Å². The lowest BCUT2D eigenvalue weighted by atomic mass is 10.3. The van der Waals surface area contributed by atoms with Crippen molar-refractivity contribution in [1.82, 2.24) is 10.2 Å². The molecular weight excluding hydrogens is 232 g/mol. The second-order valence-electron chi connectivity index (χ2n) is 4.32. The average molecular weight is 252 g/mol. The molecule has 1 saturated heterocycles. The molecule has 1 aromatic heterocycles. The van der Waals surface area contributed by atoms with Gasteiger partial charge in [0.25, 0.3) is 0 Å². The first-order valence-electron chi connectivity index (χ1n) is 6.43. The third-order valence-corrected chi connectivity index (χ3v) is 3.01. The largest absolute Gasteiger partial charge is 0.465 e. The van der Waals surface area contributed by atoms with E-state index in [0.717, 1.165) is 17.9 Å². The molecule has 1 N–H and O–H groups in total. The molecule has 2 heterocycles. The molecule has 18 heavy (non-hydrogen) atoms. The quantitative estimate of drug-likeness (QED) is 0.842. The number of carbonyl (C=O) groups excluding carboxylic acids is 1. The standard InChI is InChI=1S/C13H20N2O3/c1-2-11-3-4-12(18-11)9-14-10-13(16)15-5-7-17-8-6-15/h3-4,14H,2,5-10H2,1H3. The summed E-state index contributed by atoms with van der Waals surface area (Å²) in [6.07, 6.45) is 0.896. The molecule has 1 aliphatic heterocycles. The Morgan fingerprint density at radius 3 is 2.72 bits per heavy atom. The number of furan rings is 1. The van der Waals surface area contributed by atoms with Crippen molar-refractivity contribution in [3.05, 3.63) is 23.7 Å². The molecular formula is C13H20N2O3. The van der Waals surface area contributed by atoms with Gasteiger partial charge in [-0.2, -0.15) is 0 Å². The third-order valence-electron chi connectivity index (χ3n) is 3.01. The van der Waals surface area contributed by atoms with Crippen LogP contribution in [0.1, 0.15) is 18.4 Å². The summed E-state index contributed by atoms with van der Waals surface area (Å²) in [6, 6.07) is 3.92. The maximum absolute atomic E-state index is 11.8. The van der Waals surface area contributed by atoms with E-state index in [9.17, 15) is 4.79 Å². The maximum atomic E-state index is 11.8. The smallest absolute Gasteiger partial charge is 0.236 e. The molecule has 1 aromatic rings. The number of nitrogens with zero attached hydrogens (tertiary/aromatic N) is 1. The van der Waals surface area contributed by atoms with E-state index in [4.69, 9.17) is 9.15 Å². The van der Waals surface area contributed by atoms with Crippen LogP contribution in [0.25, 0.3) is 0 Å². The summed E-state index contributed by atoms with van der Waals surface area (Å²) >= 11 is 0. The van der Waals surface area contributed by atoms with E-state index in [-0.39, 0.29) is 5.91 Å². The molecule has 1 amide bonds. The lowest BCUT2D eigenvalue weighted by Gasteiger charge is -2.26. The van der Waals surface area contributed by atoms with E-state index in [1.165, 1.54) is 0 Å². The Morgan fingerprint density at radius 2 is 2.06 bits per heavy atom. The van der Waals surface area contributed by atoms with Gasteiger partial charge in [0, 0.05) is 19.5 Å². The van der Waals surface area contributed by atoms with Gasteiger partial charge < -0.3 is 19.4 Å². The second-order valence-corrected chi connectivity index (χ2v) is 4.32. The van der Waals surface area contributed by atoms with Crippen LogP contribution in [-0.2, 0) is 22.5 Å². The summed E-state index contributed by atoms with van der Waals surface area (Å²) < 4.78 is 10.8. The van der Waals surface area contributed by atoms with Crippen molar-refractivity contribution in [3.8, 4) is 0 Å². The van der Waals surface area contributed by atoms with Crippen LogP contribution in [0.15, 0.2) is 16.5 Å². The number of nitrogens with one attached hydrogen (secondary N) is 1. The number of morpholine rings is 1. The molecule has 0 radical (unpaired) electrons. The highest BCUT2D eigenvalue weighted by Crippen LogP contribution is 2.07. The fraction of sp³-hybridized carbons (Fsp3) is 0.615. The van der Waals surface area contributed by atoms with Gasteiger partial charge in [-0.25, -0.2) is 0 Å². The molecule has 0 saturated carbocycles. The zero-order valence-corrected chi connectivity index (χ0v) is 10.8.